The molecule has 0 radical (unpaired) electrons. The molecule has 7 nitrogen and oxygen atoms in total. The summed E-state index contributed by atoms with van der Waals surface area (Å²) in [6.07, 6.45) is -0.854. The third-order valence-corrected chi connectivity index (χ3v) is 3.25. The quantitative estimate of drug-likeness (QED) is 0.330. The minimum atomic E-state index is -1.30. The Hall–Kier alpha value is -3.29. The van der Waals surface area contributed by atoms with Crippen LogP contribution in [-0.2, 0) is 9.53 Å². The third-order valence-electron chi connectivity index (χ3n) is 3.25. The number of esters is 1. The number of carbonyl (C=O) groups is 2. The lowest BCUT2D eigenvalue weighted by atomic mass is 10.1. The van der Waals surface area contributed by atoms with Gasteiger partial charge < -0.3 is 9.47 Å². The van der Waals surface area contributed by atoms with Crippen LogP contribution in [0.4, 0.5) is 10.1 Å². The summed E-state index contributed by atoms with van der Waals surface area (Å²) >= 11 is 0. The van der Waals surface area contributed by atoms with E-state index in [1.165, 1.54) is 18.2 Å². The second-order valence-corrected chi connectivity index (χ2v) is 4.90. The number of non-ortho nitro benzene ring substituents is 1. The van der Waals surface area contributed by atoms with Crippen LogP contribution in [0, 0.1) is 15.9 Å². The van der Waals surface area contributed by atoms with Crippen molar-refractivity contribution in [2.24, 2.45) is 0 Å². The van der Waals surface area contributed by atoms with E-state index in [0.29, 0.717) is 6.29 Å². The molecule has 130 valence electrons. The van der Waals surface area contributed by atoms with Crippen LogP contribution in [0.15, 0.2) is 42.5 Å². The summed E-state index contributed by atoms with van der Waals surface area (Å²) in [5, 5.41) is 10.9. The Kier molecular flexibility index (Phi) is 5.78. The SMILES string of the molecule is CCOC(=O)C(Oc1cc([N+](=O)[O-])ccc1C=O)c1ccc(F)cc1. The lowest BCUT2D eigenvalue weighted by Crippen LogP contribution is -2.22. The van der Waals surface area contributed by atoms with E-state index < -0.39 is 22.8 Å². The van der Waals surface area contributed by atoms with Crippen LogP contribution in [0.3, 0.4) is 0 Å². The molecule has 0 saturated carbocycles. The molecule has 2 rings (SSSR count). The minimum Gasteiger partial charge on any atom is -0.473 e. The summed E-state index contributed by atoms with van der Waals surface area (Å²) < 4.78 is 23.6. The molecule has 1 atom stereocenters. The van der Waals surface area contributed by atoms with Gasteiger partial charge in [0.1, 0.15) is 11.6 Å². The monoisotopic (exact) mass is 347 g/mol. The highest BCUT2D eigenvalue weighted by Gasteiger charge is 2.26. The fourth-order valence-corrected chi connectivity index (χ4v) is 2.07. The normalized spacial score (nSPS) is 11.4. The molecular formula is C17H14FNO6. The first-order chi connectivity index (χ1) is 12.0. The first-order valence-corrected chi connectivity index (χ1v) is 7.28. The number of carbonyl (C=O) groups excluding carboxylic acids is 2. The standard InChI is InChI=1S/C17H14FNO6/c1-2-24-17(21)16(11-3-6-13(18)7-4-11)25-15-9-14(19(22)23)8-5-12(15)10-20/h3-10,16H,2H2,1H3. The van der Waals surface area contributed by atoms with Crippen LogP contribution in [0.25, 0.3) is 0 Å². The number of ether oxygens (including phenoxy) is 2. The molecule has 2 aromatic carbocycles. The van der Waals surface area contributed by atoms with Crippen molar-refractivity contribution in [1.29, 1.82) is 0 Å². The predicted molar refractivity (Wildman–Crippen MR) is 84.9 cm³/mol. The molecule has 2 aromatic rings. The molecule has 1 unspecified atom stereocenters. The Morgan fingerprint density at radius 1 is 1.28 bits per heavy atom. The molecule has 0 N–H and O–H groups in total. The smallest absolute Gasteiger partial charge is 0.352 e. The van der Waals surface area contributed by atoms with Crippen LogP contribution in [0.2, 0.25) is 0 Å². The predicted octanol–water partition coefficient (Wildman–Crippen LogP) is 3.23. The number of benzene rings is 2. The van der Waals surface area contributed by atoms with Crippen LogP contribution in [0.5, 0.6) is 5.75 Å². The number of nitro groups is 1. The Morgan fingerprint density at radius 3 is 2.52 bits per heavy atom. The zero-order valence-corrected chi connectivity index (χ0v) is 13.2. The van der Waals surface area contributed by atoms with E-state index in [-0.39, 0.29) is 29.2 Å². The molecule has 0 aliphatic heterocycles. The van der Waals surface area contributed by atoms with E-state index in [1.54, 1.807) is 6.92 Å². The van der Waals surface area contributed by atoms with Gasteiger partial charge in [0.25, 0.3) is 5.69 Å². The number of aldehydes is 1. The molecule has 0 saturated heterocycles. The highest BCUT2D eigenvalue weighted by molar-refractivity contribution is 5.81. The number of rotatable bonds is 7. The van der Waals surface area contributed by atoms with E-state index in [4.69, 9.17) is 9.47 Å². The molecule has 0 aromatic heterocycles. The molecule has 25 heavy (non-hydrogen) atoms. The highest BCUT2D eigenvalue weighted by Crippen LogP contribution is 2.29. The fraction of sp³-hybridized carbons (Fsp3) is 0.176. The average Bonchev–Trinajstić information content (AvgIpc) is 2.60. The van der Waals surface area contributed by atoms with Gasteiger partial charge in [-0.05, 0) is 25.1 Å². The Bertz CT molecular complexity index is 790. The number of nitro benzene ring substituents is 1. The summed E-state index contributed by atoms with van der Waals surface area (Å²) in [5.41, 5.74) is 0.00697. The van der Waals surface area contributed by atoms with Gasteiger partial charge in [-0.3, -0.25) is 14.9 Å². The van der Waals surface area contributed by atoms with Crippen molar-refractivity contribution in [3.05, 3.63) is 69.5 Å². The van der Waals surface area contributed by atoms with E-state index in [2.05, 4.69) is 0 Å². The highest BCUT2D eigenvalue weighted by atomic mass is 19.1. The van der Waals surface area contributed by atoms with Crippen LogP contribution < -0.4 is 4.74 Å². The lowest BCUT2D eigenvalue weighted by Gasteiger charge is -2.19. The molecule has 0 amide bonds. The van der Waals surface area contributed by atoms with Gasteiger partial charge in [-0.2, -0.15) is 0 Å². The van der Waals surface area contributed by atoms with Crippen LogP contribution >= 0.6 is 0 Å². The largest absolute Gasteiger partial charge is 0.473 e. The van der Waals surface area contributed by atoms with E-state index in [0.717, 1.165) is 24.3 Å². The summed E-state index contributed by atoms with van der Waals surface area (Å²) in [6.45, 7) is 1.68. The van der Waals surface area contributed by atoms with E-state index in [1.807, 2.05) is 0 Å². The fourth-order valence-electron chi connectivity index (χ4n) is 2.07. The van der Waals surface area contributed by atoms with Crippen molar-refractivity contribution in [2.45, 2.75) is 13.0 Å². The zero-order valence-electron chi connectivity index (χ0n) is 13.2. The number of hydrogen-bond acceptors (Lipinski definition) is 6. The van der Waals surface area contributed by atoms with Gasteiger partial charge in [-0.25, -0.2) is 9.18 Å². The second-order valence-electron chi connectivity index (χ2n) is 4.90. The molecule has 0 bridgehead atoms. The lowest BCUT2D eigenvalue weighted by molar-refractivity contribution is -0.385. The van der Waals surface area contributed by atoms with Crippen LogP contribution in [-0.4, -0.2) is 23.8 Å². The van der Waals surface area contributed by atoms with Gasteiger partial charge in [0.2, 0.25) is 6.10 Å². The van der Waals surface area contributed by atoms with E-state index >= 15 is 0 Å². The Balaban J connectivity index is 2.44. The molecule has 0 aliphatic carbocycles. The maximum atomic E-state index is 13.1. The van der Waals surface area contributed by atoms with Crippen LogP contribution in [0.1, 0.15) is 28.9 Å². The van der Waals surface area contributed by atoms with Gasteiger partial charge in [-0.1, -0.05) is 12.1 Å². The van der Waals surface area contributed by atoms with Gasteiger partial charge >= 0.3 is 5.97 Å². The Labute approximate surface area is 142 Å². The first kappa shape index (κ1) is 18.1. The third kappa shape index (κ3) is 4.37. The van der Waals surface area contributed by atoms with Gasteiger partial charge in [0.15, 0.2) is 6.29 Å². The number of nitrogens with zero attached hydrogens (tertiary/aromatic N) is 1. The van der Waals surface area contributed by atoms with Crippen molar-refractivity contribution >= 4 is 17.9 Å². The van der Waals surface area contributed by atoms with Crippen molar-refractivity contribution in [3.63, 3.8) is 0 Å². The first-order valence-electron chi connectivity index (χ1n) is 7.28. The van der Waals surface area contributed by atoms with Crippen molar-refractivity contribution in [1.82, 2.24) is 0 Å². The summed E-state index contributed by atoms with van der Waals surface area (Å²) in [5.74, 6) is -1.42. The van der Waals surface area contributed by atoms with Crippen molar-refractivity contribution in [2.75, 3.05) is 6.61 Å². The molecule has 0 fully saturated rings. The molecule has 0 aliphatic rings. The molecule has 0 spiro atoms. The van der Waals surface area contributed by atoms with Gasteiger partial charge in [-0.15, -0.1) is 0 Å². The molecule has 8 heteroatoms. The maximum Gasteiger partial charge on any atom is 0.352 e. The van der Waals surface area contributed by atoms with Gasteiger partial charge in [0.05, 0.1) is 23.2 Å². The maximum absolute atomic E-state index is 13.1. The summed E-state index contributed by atoms with van der Waals surface area (Å²) in [4.78, 5) is 33.6. The average molecular weight is 347 g/mol. The molecular weight excluding hydrogens is 333 g/mol. The number of halogens is 1. The zero-order chi connectivity index (χ0) is 18.4. The van der Waals surface area contributed by atoms with Crippen molar-refractivity contribution < 1.29 is 28.4 Å². The summed E-state index contributed by atoms with van der Waals surface area (Å²) in [6, 6.07) is 8.34. The number of hydrogen-bond donors (Lipinski definition) is 0. The summed E-state index contributed by atoms with van der Waals surface area (Å²) in [7, 11) is 0. The Morgan fingerprint density at radius 2 is 1.96 bits per heavy atom. The van der Waals surface area contributed by atoms with Gasteiger partial charge in [0, 0.05) is 11.6 Å². The minimum absolute atomic E-state index is 0.0296. The molecule has 0 heterocycles. The van der Waals surface area contributed by atoms with Crippen molar-refractivity contribution in [3.8, 4) is 5.75 Å². The van der Waals surface area contributed by atoms with E-state index in [9.17, 15) is 24.1 Å². The second kappa shape index (κ2) is 8.00. The topological polar surface area (TPSA) is 95.7 Å².